The molecule has 2 aromatic carbocycles. The molecule has 0 bridgehead atoms. The first kappa shape index (κ1) is 57.8. The monoisotopic (exact) mass is 1070 g/mol. The van der Waals surface area contributed by atoms with Gasteiger partial charge < -0.3 is 24.1 Å². The fraction of sp³-hybridized carbons (Fsp3) is 0.419. The molecule has 0 radical (unpaired) electrons. The minimum atomic E-state index is -3.45. The number of nitrogens with zero attached hydrogens (tertiary/aromatic N) is 1. The molecule has 0 aliphatic rings. The van der Waals surface area contributed by atoms with E-state index in [1.807, 2.05) is 0 Å². The highest BCUT2D eigenvalue weighted by molar-refractivity contribution is 8.68. The van der Waals surface area contributed by atoms with E-state index in [-0.39, 0.29) is 9.75 Å². The number of carbonyl (C=O) groups excluding carboxylic acids is 1. The summed E-state index contributed by atoms with van der Waals surface area (Å²) in [6.45, 7) is -5.82. The van der Waals surface area contributed by atoms with Crippen molar-refractivity contribution in [3.05, 3.63) is 46.2 Å². The predicted molar refractivity (Wildman–Crippen MR) is 240 cm³/mol. The summed E-state index contributed by atoms with van der Waals surface area (Å²) in [5.74, 6) is -7.60. The van der Waals surface area contributed by atoms with Crippen LogP contribution in [0.15, 0.2) is 36.4 Å². The van der Waals surface area contributed by atoms with E-state index >= 15 is 0 Å². The number of rotatable bonds is 14. The number of hydrogen-bond donors (Lipinski definition) is 3. The topological polar surface area (TPSA) is 127 Å². The number of alkyl halides is 8. The van der Waals surface area contributed by atoms with E-state index in [4.69, 9.17) is 29.3 Å². The third-order valence-electron chi connectivity index (χ3n) is 6.84. The molecule has 0 spiro atoms. The number of thiophene rings is 2. The summed E-state index contributed by atoms with van der Waals surface area (Å²) in [4.78, 5) is 21.2. The predicted octanol–water partition coefficient (Wildman–Crippen LogP) is 8.51. The number of hydroxylamine groups is 2. The molecule has 29 heteroatoms. The van der Waals surface area contributed by atoms with Gasteiger partial charge in [-0.2, -0.15) is 22.6 Å². The van der Waals surface area contributed by atoms with Gasteiger partial charge in [-0.05, 0) is 42.1 Å². The van der Waals surface area contributed by atoms with Gasteiger partial charge in [0.1, 0.15) is 0 Å². The second kappa shape index (κ2) is 30.0. The normalized spacial score (nSPS) is 10.6. The van der Waals surface area contributed by atoms with Crippen LogP contribution in [0.5, 0.6) is 23.0 Å². The fourth-order valence-corrected chi connectivity index (χ4v) is 14.5. The Balaban J connectivity index is 0.000000891. The van der Waals surface area contributed by atoms with Gasteiger partial charge in [0, 0.05) is 130 Å². The first-order valence-electron chi connectivity index (χ1n) is 15.5. The maximum atomic E-state index is 14.3. The molecule has 338 valence electrons. The number of carboxylic acids is 1. The van der Waals surface area contributed by atoms with Crippen LogP contribution in [0.2, 0.25) is 0 Å². The van der Waals surface area contributed by atoms with Gasteiger partial charge in [-0.1, -0.05) is 0 Å². The zero-order valence-electron chi connectivity index (χ0n) is 31.3. The Labute approximate surface area is 380 Å². The minimum absolute atomic E-state index is 0.158. The highest BCUT2D eigenvalue weighted by Gasteiger charge is 2.36. The number of halogens is 8. The number of carboxylic acid groups (broad SMARTS) is 1. The number of benzene rings is 2. The van der Waals surface area contributed by atoms with Gasteiger partial charge >= 0.3 is 12.5 Å². The molecule has 4 aromatic rings. The van der Waals surface area contributed by atoms with Crippen LogP contribution in [0.3, 0.4) is 0 Å². The van der Waals surface area contributed by atoms with Crippen molar-refractivity contribution in [1.29, 1.82) is 0 Å². The largest absolute Gasteiger partial charge is 0.493 e. The number of fused-ring (bicyclic) bond motifs is 2. The van der Waals surface area contributed by atoms with Crippen LogP contribution in [0.4, 0.5) is 35.1 Å². The summed E-state index contributed by atoms with van der Waals surface area (Å²) in [6, 6.07) is 8.97. The number of aliphatic carboxylic acids is 1. The van der Waals surface area contributed by atoms with Crippen molar-refractivity contribution in [3.8, 4) is 23.0 Å². The Hall–Kier alpha value is -2.16. The van der Waals surface area contributed by atoms with E-state index < -0.39 is 67.6 Å². The molecule has 1 amide bonds. The van der Waals surface area contributed by atoms with Crippen molar-refractivity contribution < 1.29 is 74.0 Å². The van der Waals surface area contributed by atoms with Gasteiger partial charge in [0.2, 0.25) is 0 Å². The lowest BCUT2D eigenvalue weighted by molar-refractivity contribution is -0.218. The molecule has 0 aliphatic heterocycles. The first-order chi connectivity index (χ1) is 28.2. The second-order valence-corrected chi connectivity index (χ2v) is 21.5. The van der Waals surface area contributed by atoms with Crippen LogP contribution in [-0.2, 0) is 111 Å². The van der Waals surface area contributed by atoms with E-state index in [0.717, 1.165) is 22.7 Å². The van der Waals surface area contributed by atoms with Crippen molar-refractivity contribution in [3.63, 3.8) is 0 Å². The number of nitrogens with one attached hydrogen (secondary N) is 1. The molecule has 0 fully saturated rings. The van der Waals surface area contributed by atoms with Gasteiger partial charge in [-0.25, -0.2) is 17.6 Å². The third kappa shape index (κ3) is 19.9. The summed E-state index contributed by atoms with van der Waals surface area (Å²) >= 11 is 18.2. The molecule has 60 heavy (non-hydrogen) atoms. The number of amides is 1. The average Bonchev–Trinajstić information content (AvgIpc) is 3.87. The van der Waals surface area contributed by atoms with Crippen LogP contribution in [-0.4, -0.2) is 75.8 Å². The molecular weight excluding hydrogens is 1030 g/mol. The molecule has 3 N–H and O–H groups in total. The first-order valence-corrected chi connectivity index (χ1v) is 26.5. The Morgan fingerprint density at radius 1 is 0.717 bits per heavy atom. The molecule has 0 saturated heterocycles. The van der Waals surface area contributed by atoms with E-state index in [1.54, 1.807) is 56.2 Å². The molecular formula is C31H34F8N2O8S11. The lowest BCUT2D eigenvalue weighted by atomic mass is 10.1. The van der Waals surface area contributed by atoms with Crippen molar-refractivity contribution in [2.24, 2.45) is 0 Å². The molecule has 0 atom stereocenters. The Bertz CT molecular complexity index is 2100. The maximum absolute atomic E-state index is 14.3. The van der Waals surface area contributed by atoms with E-state index in [2.05, 4.69) is 44.8 Å². The van der Waals surface area contributed by atoms with Gasteiger partial charge in [0.25, 0.3) is 24.3 Å². The van der Waals surface area contributed by atoms with Gasteiger partial charge in [0.15, 0.2) is 23.0 Å². The number of hydrogen-bond acceptors (Lipinski definition) is 14. The molecule has 0 saturated carbocycles. The highest BCUT2D eigenvalue weighted by atomic mass is 33.4. The standard InChI is InChI=1S/C15H15F4NO4S.C14H14F2O4S.C2H5F2N.S7.S2/c1-23-9-5-8-6-12(25-11(8)7-10(9)24-2)15(18,19)4-3-13(21)20(22)14(16)17;1-19-9-5-8-6-12(14(15,16)4-3-13(17)18)21-11(8)7-10(9)20-2;1-5-2(3)4;1-3-5-7-6-4-2;1-2/h5-7,14,22H,3-4H2,1-2H3;5-7H,3-4H2,1-2H3,(H,17,18);2,5H,1H3;;. The lowest BCUT2D eigenvalue weighted by Gasteiger charge is -2.17. The fourth-order valence-electron chi connectivity index (χ4n) is 4.12. The number of ether oxygens (including phenoxy) is 4. The molecule has 2 aromatic heterocycles. The van der Waals surface area contributed by atoms with Crippen LogP contribution >= 0.6 is 22.7 Å². The molecule has 4 rings (SSSR count). The van der Waals surface area contributed by atoms with E-state index in [9.17, 15) is 44.7 Å². The SMILES string of the molecule is CNC(F)F.COc1cc2cc(C(F)(F)CCC(=O)N(O)C(F)F)sc2cc1OC.COc1cc2cc(C(F)(F)CCC(=O)O)sc2cc1OC.S=S.S=S=S=S=S=S=S. The van der Waals surface area contributed by atoms with Crippen molar-refractivity contribution >= 4 is 144 Å². The quantitative estimate of drug-likeness (QED) is 0.0484. The van der Waals surface area contributed by atoms with E-state index in [0.29, 0.717) is 43.2 Å². The van der Waals surface area contributed by atoms with Crippen molar-refractivity contribution in [2.45, 2.75) is 50.6 Å². The van der Waals surface area contributed by atoms with Crippen LogP contribution < -0.4 is 24.3 Å². The van der Waals surface area contributed by atoms with E-state index in [1.165, 1.54) is 65.4 Å². The smallest absolute Gasteiger partial charge is 0.339 e. The van der Waals surface area contributed by atoms with Crippen LogP contribution in [0, 0.1) is 0 Å². The Morgan fingerprint density at radius 3 is 1.37 bits per heavy atom. The van der Waals surface area contributed by atoms with Gasteiger partial charge in [-0.15, -0.1) is 22.7 Å². The highest BCUT2D eigenvalue weighted by Crippen LogP contribution is 2.44. The van der Waals surface area contributed by atoms with Crippen LogP contribution in [0.1, 0.15) is 35.4 Å². The zero-order valence-corrected chi connectivity index (χ0v) is 40.2. The van der Waals surface area contributed by atoms with Crippen molar-refractivity contribution in [2.75, 3.05) is 35.5 Å². The van der Waals surface area contributed by atoms with Crippen molar-refractivity contribution in [1.82, 2.24) is 10.4 Å². The zero-order chi connectivity index (χ0) is 46.2. The summed E-state index contributed by atoms with van der Waals surface area (Å²) < 4.78 is 124. The minimum Gasteiger partial charge on any atom is -0.493 e. The summed E-state index contributed by atoms with van der Waals surface area (Å²) in [5, 5.41) is 19.3. The van der Waals surface area contributed by atoms with Crippen LogP contribution in [0.25, 0.3) is 20.2 Å². The summed E-state index contributed by atoms with van der Waals surface area (Å²) in [5.41, 5.74) is 0. The average molecular weight is 1070 g/mol. The number of methoxy groups -OCH3 is 4. The Kier molecular flexibility index (Phi) is 28.9. The maximum Gasteiger partial charge on any atom is 0.339 e. The second-order valence-electron chi connectivity index (χ2n) is 10.5. The summed E-state index contributed by atoms with van der Waals surface area (Å²) in [6.07, 6.45) is -3.22. The third-order valence-corrected chi connectivity index (χ3v) is 18.2. The molecule has 2 heterocycles. The lowest BCUT2D eigenvalue weighted by Crippen LogP contribution is -2.32. The summed E-state index contributed by atoms with van der Waals surface area (Å²) in [7, 11) is 14.3. The molecule has 10 nitrogen and oxygen atoms in total. The van der Waals surface area contributed by atoms with Gasteiger partial charge in [0.05, 0.1) is 44.6 Å². The molecule has 0 unspecified atom stereocenters. The molecule has 0 aliphatic carbocycles. The van der Waals surface area contributed by atoms with Gasteiger partial charge in [-0.3, -0.25) is 20.1 Å². The Morgan fingerprint density at radius 2 is 1.07 bits per heavy atom. The number of carbonyl (C=O) groups is 2.